The predicted octanol–water partition coefficient (Wildman–Crippen LogP) is 2.52. The van der Waals surface area contributed by atoms with Crippen LogP contribution in [0.4, 0.5) is 0 Å². The number of benzene rings is 1. The summed E-state index contributed by atoms with van der Waals surface area (Å²) in [7, 11) is 0. The minimum atomic E-state index is 0.241. The van der Waals surface area contributed by atoms with Crippen molar-refractivity contribution in [1.82, 2.24) is 10.2 Å². The van der Waals surface area contributed by atoms with Crippen molar-refractivity contribution >= 4 is 17.2 Å². The highest BCUT2D eigenvalue weighted by molar-refractivity contribution is 7.80. The second kappa shape index (κ2) is 5.10. The molecule has 2 aromatic rings. The van der Waals surface area contributed by atoms with Gasteiger partial charge in [0.1, 0.15) is 10.7 Å². The van der Waals surface area contributed by atoms with Crippen LogP contribution in [0.15, 0.2) is 30.5 Å². The van der Waals surface area contributed by atoms with Crippen LogP contribution >= 0.6 is 12.2 Å². The summed E-state index contributed by atoms with van der Waals surface area (Å²) in [4.78, 5) is 0.241. The van der Waals surface area contributed by atoms with Crippen LogP contribution in [0.3, 0.4) is 0 Å². The van der Waals surface area contributed by atoms with Crippen molar-refractivity contribution in [1.29, 1.82) is 0 Å². The van der Waals surface area contributed by atoms with Crippen molar-refractivity contribution in [3.8, 4) is 11.6 Å². The van der Waals surface area contributed by atoms with Gasteiger partial charge in [0.2, 0.25) is 5.88 Å². The smallest absolute Gasteiger partial charge is 0.249 e. The van der Waals surface area contributed by atoms with Gasteiger partial charge in [0, 0.05) is 0 Å². The zero-order chi connectivity index (χ0) is 13.1. The summed E-state index contributed by atoms with van der Waals surface area (Å²) in [6, 6.07) is 7.64. The molecule has 4 nitrogen and oxygen atoms in total. The van der Waals surface area contributed by atoms with Gasteiger partial charge in [-0.15, -0.1) is 5.10 Å². The minimum Gasteiger partial charge on any atom is -0.437 e. The number of nitrogens with zero attached hydrogens (tertiary/aromatic N) is 2. The maximum atomic E-state index is 5.74. The Bertz CT molecular complexity index is 599. The van der Waals surface area contributed by atoms with Crippen LogP contribution in [-0.2, 0) is 0 Å². The SMILES string of the molecule is Cc1ccc(C)c(Oc2nnccc2C(N)=S)c1. The standard InChI is InChI=1S/C13H13N3OS/c1-8-3-4-9(2)11(7-8)17-13-10(12(14)18)5-6-15-16-13/h3-7H,1-2H3,(H2,14,18). The van der Waals surface area contributed by atoms with E-state index in [1.165, 1.54) is 6.20 Å². The molecule has 0 atom stereocenters. The molecule has 2 N–H and O–H groups in total. The molecule has 0 radical (unpaired) electrons. The van der Waals surface area contributed by atoms with Crippen LogP contribution in [0, 0.1) is 13.8 Å². The Morgan fingerprint density at radius 1 is 1.28 bits per heavy atom. The Morgan fingerprint density at radius 3 is 2.78 bits per heavy atom. The normalized spacial score (nSPS) is 10.1. The molecule has 0 aliphatic heterocycles. The molecule has 1 heterocycles. The lowest BCUT2D eigenvalue weighted by Crippen LogP contribution is -2.12. The zero-order valence-corrected chi connectivity index (χ0v) is 11.0. The van der Waals surface area contributed by atoms with Crippen molar-refractivity contribution in [3.63, 3.8) is 0 Å². The summed E-state index contributed by atoms with van der Waals surface area (Å²) in [6.45, 7) is 3.96. The molecule has 0 unspecified atom stereocenters. The van der Waals surface area contributed by atoms with E-state index in [2.05, 4.69) is 10.2 Å². The second-order valence-electron chi connectivity index (χ2n) is 3.99. The Hall–Kier alpha value is -2.01. The maximum absolute atomic E-state index is 5.74. The van der Waals surface area contributed by atoms with Gasteiger partial charge in [-0.1, -0.05) is 24.4 Å². The zero-order valence-electron chi connectivity index (χ0n) is 10.2. The third-order valence-electron chi connectivity index (χ3n) is 2.50. The number of hydrogen-bond acceptors (Lipinski definition) is 4. The van der Waals surface area contributed by atoms with E-state index < -0.39 is 0 Å². The van der Waals surface area contributed by atoms with Crippen LogP contribution in [0.5, 0.6) is 11.6 Å². The van der Waals surface area contributed by atoms with Gasteiger partial charge in [-0.25, -0.2) is 0 Å². The summed E-state index contributed by atoms with van der Waals surface area (Å²) >= 11 is 4.95. The molecule has 0 amide bonds. The monoisotopic (exact) mass is 259 g/mol. The molecular weight excluding hydrogens is 246 g/mol. The first-order valence-corrected chi connectivity index (χ1v) is 5.85. The lowest BCUT2D eigenvalue weighted by molar-refractivity contribution is 0.450. The van der Waals surface area contributed by atoms with E-state index in [0.29, 0.717) is 11.4 Å². The Kier molecular flexibility index (Phi) is 3.53. The molecule has 0 saturated heterocycles. The van der Waals surface area contributed by atoms with Gasteiger partial charge < -0.3 is 10.5 Å². The van der Waals surface area contributed by atoms with Gasteiger partial charge in [0.15, 0.2) is 0 Å². The van der Waals surface area contributed by atoms with Gasteiger partial charge in [-0.3, -0.25) is 0 Å². The van der Waals surface area contributed by atoms with Gasteiger partial charge in [-0.2, -0.15) is 5.10 Å². The fraction of sp³-hybridized carbons (Fsp3) is 0.154. The first-order valence-electron chi connectivity index (χ1n) is 5.44. The molecule has 0 aliphatic rings. The van der Waals surface area contributed by atoms with E-state index in [-0.39, 0.29) is 4.99 Å². The highest BCUT2D eigenvalue weighted by atomic mass is 32.1. The van der Waals surface area contributed by atoms with Crippen molar-refractivity contribution in [2.75, 3.05) is 0 Å². The Balaban J connectivity index is 2.40. The van der Waals surface area contributed by atoms with Crippen LogP contribution in [-0.4, -0.2) is 15.2 Å². The number of rotatable bonds is 3. The number of aryl methyl sites for hydroxylation is 2. The lowest BCUT2D eigenvalue weighted by atomic mass is 10.1. The number of ether oxygens (including phenoxy) is 1. The number of aromatic nitrogens is 2. The average Bonchev–Trinajstić information content (AvgIpc) is 2.34. The molecule has 0 saturated carbocycles. The third-order valence-corrected chi connectivity index (χ3v) is 2.72. The summed E-state index contributed by atoms with van der Waals surface area (Å²) in [5.41, 5.74) is 8.33. The minimum absolute atomic E-state index is 0.241. The van der Waals surface area contributed by atoms with Crippen LogP contribution < -0.4 is 10.5 Å². The highest BCUT2D eigenvalue weighted by Crippen LogP contribution is 2.26. The number of hydrogen-bond donors (Lipinski definition) is 1. The summed E-state index contributed by atoms with van der Waals surface area (Å²) in [5.74, 6) is 1.06. The topological polar surface area (TPSA) is 61.0 Å². The van der Waals surface area contributed by atoms with Gasteiger partial charge >= 0.3 is 0 Å². The molecule has 0 aliphatic carbocycles. The van der Waals surface area contributed by atoms with Gasteiger partial charge in [0.05, 0.1) is 11.8 Å². The molecule has 0 fully saturated rings. The molecule has 92 valence electrons. The van der Waals surface area contributed by atoms with Gasteiger partial charge in [0.25, 0.3) is 0 Å². The van der Waals surface area contributed by atoms with E-state index in [9.17, 15) is 0 Å². The molecule has 1 aromatic carbocycles. The summed E-state index contributed by atoms with van der Waals surface area (Å²) in [5, 5.41) is 7.71. The van der Waals surface area contributed by atoms with E-state index in [1.54, 1.807) is 6.07 Å². The van der Waals surface area contributed by atoms with E-state index in [4.69, 9.17) is 22.7 Å². The van der Waals surface area contributed by atoms with Crippen LogP contribution in [0.25, 0.3) is 0 Å². The van der Waals surface area contributed by atoms with E-state index >= 15 is 0 Å². The Labute approximate surface area is 111 Å². The molecule has 0 bridgehead atoms. The van der Waals surface area contributed by atoms with Crippen molar-refractivity contribution in [2.24, 2.45) is 5.73 Å². The van der Waals surface area contributed by atoms with E-state index in [0.717, 1.165) is 16.9 Å². The Morgan fingerprint density at radius 2 is 2.06 bits per heavy atom. The predicted molar refractivity (Wildman–Crippen MR) is 73.9 cm³/mol. The number of nitrogens with two attached hydrogens (primary N) is 1. The fourth-order valence-electron chi connectivity index (χ4n) is 1.50. The highest BCUT2D eigenvalue weighted by Gasteiger charge is 2.10. The molecule has 2 rings (SSSR count). The van der Waals surface area contributed by atoms with E-state index in [1.807, 2.05) is 32.0 Å². The second-order valence-corrected chi connectivity index (χ2v) is 4.43. The molecule has 18 heavy (non-hydrogen) atoms. The molecule has 5 heteroatoms. The fourth-order valence-corrected chi connectivity index (χ4v) is 1.66. The summed E-state index contributed by atoms with van der Waals surface area (Å²) in [6.07, 6.45) is 1.53. The van der Waals surface area contributed by atoms with Crippen LogP contribution in [0.1, 0.15) is 16.7 Å². The molecular formula is C13H13N3OS. The van der Waals surface area contributed by atoms with Gasteiger partial charge in [-0.05, 0) is 37.1 Å². The molecule has 0 spiro atoms. The lowest BCUT2D eigenvalue weighted by Gasteiger charge is -2.10. The molecule has 1 aromatic heterocycles. The van der Waals surface area contributed by atoms with Crippen molar-refractivity contribution in [2.45, 2.75) is 13.8 Å². The first-order chi connectivity index (χ1) is 8.58. The maximum Gasteiger partial charge on any atom is 0.249 e. The largest absolute Gasteiger partial charge is 0.437 e. The third kappa shape index (κ3) is 2.62. The first kappa shape index (κ1) is 12.4. The van der Waals surface area contributed by atoms with Crippen molar-refractivity contribution < 1.29 is 4.74 Å². The van der Waals surface area contributed by atoms with Crippen molar-refractivity contribution in [3.05, 3.63) is 47.2 Å². The quantitative estimate of drug-likeness (QED) is 0.858. The number of thiocarbonyl (C=S) groups is 1. The van der Waals surface area contributed by atoms with Crippen LogP contribution in [0.2, 0.25) is 0 Å². The summed E-state index contributed by atoms with van der Waals surface area (Å²) < 4.78 is 5.74. The average molecular weight is 259 g/mol.